The molecular weight excluding hydrogens is 279 g/mol. The molecule has 0 aromatic heterocycles. The maximum Gasteiger partial charge on any atom is 0.196 e. The number of benzene rings is 2. The SMILES string of the molecule is CCC(Nc1ccc(F)c(F)c1F)c1ccccc1OC. The van der Waals surface area contributed by atoms with E-state index in [-0.39, 0.29) is 11.7 Å². The fourth-order valence-corrected chi connectivity index (χ4v) is 2.18. The zero-order valence-corrected chi connectivity index (χ0v) is 11.8. The molecule has 0 saturated heterocycles. The van der Waals surface area contributed by atoms with Crippen LogP contribution >= 0.6 is 0 Å². The Morgan fingerprint density at radius 3 is 2.43 bits per heavy atom. The van der Waals surface area contributed by atoms with Gasteiger partial charge in [-0.25, -0.2) is 13.2 Å². The van der Waals surface area contributed by atoms with Gasteiger partial charge in [-0.1, -0.05) is 25.1 Å². The Balaban J connectivity index is 2.34. The van der Waals surface area contributed by atoms with Crippen LogP contribution in [0.1, 0.15) is 24.9 Å². The molecule has 0 amide bonds. The minimum atomic E-state index is -1.48. The number of halogens is 3. The van der Waals surface area contributed by atoms with Gasteiger partial charge in [0, 0.05) is 5.56 Å². The fourth-order valence-electron chi connectivity index (χ4n) is 2.18. The summed E-state index contributed by atoms with van der Waals surface area (Å²) in [6, 6.07) is 9.11. The average Bonchev–Trinajstić information content (AvgIpc) is 2.52. The summed E-state index contributed by atoms with van der Waals surface area (Å²) in [6.45, 7) is 1.90. The maximum absolute atomic E-state index is 13.7. The van der Waals surface area contributed by atoms with Crippen molar-refractivity contribution < 1.29 is 17.9 Å². The highest BCUT2D eigenvalue weighted by molar-refractivity contribution is 5.49. The van der Waals surface area contributed by atoms with Crippen molar-refractivity contribution in [2.45, 2.75) is 19.4 Å². The normalized spacial score (nSPS) is 12.0. The third-order valence-electron chi connectivity index (χ3n) is 3.29. The van der Waals surface area contributed by atoms with Crippen LogP contribution in [-0.4, -0.2) is 7.11 Å². The quantitative estimate of drug-likeness (QED) is 0.809. The van der Waals surface area contributed by atoms with Gasteiger partial charge in [-0.2, -0.15) is 0 Å². The predicted octanol–water partition coefficient (Wildman–Crippen LogP) is 4.68. The summed E-state index contributed by atoms with van der Waals surface area (Å²) in [6.07, 6.45) is 0.624. The van der Waals surface area contributed by atoms with E-state index in [1.807, 2.05) is 25.1 Å². The highest BCUT2D eigenvalue weighted by atomic mass is 19.2. The first-order chi connectivity index (χ1) is 10.1. The van der Waals surface area contributed by atoms with Crippen LogP contribution in [0, 0.1) is 17.5 Å². The number of methoxy groups -OCH3 is 1. The smallest absolute Gasteiger partial charge is 0.196 e. The van der Waals surface area contributed by atoms with Crippen molar-refractivity contribution in [3.05, 3.63) is 59.4 Å². The van der Waals surface area contributed by atoms with Crippen LogP contribution in [0.2, 0.25) is 0 Å². The van der Waals surface area contributed by atoms with Gasteiger partial charge in [-0.3, -0.25) is 0 Å². The standard InChI is InChI=1S/C16H16F3NO/c1-3-12(10-6-4-5-7-14(10)21-2)20-13-9-8-11(17)15(18)16(13)19/h4-9,12,20H,3H2,1-2H3. The Hall–Kier alpha value is -2.17. The number of rotatable bonds is 5. The Bertz CT molecular complexity index is 631. The maximum atomic E-state index is 13.7. The largest absolute Gasteiger partial charge is 0.496 e. The molecule has 0 radical (unpaired) electrons. The van der Waals surface area contributed by atoms with E-state index in [0.29, 0.717) is 12.2 Å². The number of nitrogens with one attached hydrogen (secondary N) is 1. The minimum Gasteiger partial charge on any atom is -0.496 e. The van der Waals surface area contributed by atoms with E-state index in [1.165, 1.54) is 6.07 Å². The number of para-hydroxylation sites is 1. The van der Waals surface area contributed by atoms with E-state index in [4.69, 9.17) is 4.74 Å². The van der Waals surface area contributed by atoms with E-state index in [9.17, 15) is 13.2 Å². The molecule has 0 aliphatic carbocycles. The second-order valence-electron chi connectivity index (χ2n) is 4.57. The number of anilines is 1. The van der Waals surface area contributed by atoms with Crippen molar-refractivity contribution in [3.63, 3.8) is 0 Å². The first kappa shape index (κ1) is 15.2. The van der Waals surface area contributed by atoms with Crippen LogP contribution < -0.4 is 10.1 Å². The van der Waals surface area contributed by atoms with E-state index in [2.05, 4.69) is 5.32 Å². The molecule has 2 aromatic rings. The minimum absolute atomic E-state index is 0.0772. The topological polar surface area (TPSA) is 21.3 Å². The van der Waals surface area contributed by atoms with E-state index >= 15 is 0 Å². The van der Waals surface area contributed by atoms with E-state index < -0.39 is 17.5 Å². The van der Waals surface area contributed by atoms with Crippen molar-refractivity contribution >= 4 is 5.69 Å². The third kappa shape index (κ3) is 3.12. The van der Waals surface area contributed by atoms with E-state index in [0.717, 1.165) is 11.6 Å². The molecule has 0 aliphatic rings. The molecule has 0 fully saturated rings. The van der Waals surface area contributed by atoms with Crippen molar-refractivity contribution in [3.8, 4) is 5.75 Å². The number of ether oxygens (including phenoxy) is 1. The summed E-state index contributed by atoms with van der Waals surface area (Å²) in [5.41, 5.74) is 0.748. The van der Waals surface area contributed by atoms with Crippen molar-refractivity contribution in [2.75, 3.05) is 12.4 Å². The van der Waals surface area contributed by atoms with Crippen LogP contribution in [0.4, 0.5) is 18.9 Å². The summed E-state index contributed by atoms with van der Waals surface area (Å²) in [5, 5.41) is 2.89. The van der Waals surface area contributed by atoms with Gasteiger partial charge in [0.2, 0.25) is 0 Å². The molecule has 112 valence electrons. The van der Waals surface area contributed by atoms with Crippen molar-refractivity contribution in [1.82, 2.24) is 0 Å². The summed E-state index contributed by atoms with van der Waals surface area (Å²) in [5.74, 6) is -3.25. The first-order valence-corrected chi connectivity index (χ1v) is 6.61. The molecule has 0 aliphatic heterocycles. The van der Waals surface area contributed by atoms with Crippen molar-refractivity contribution in [1.29, 1.82) is 0 Å². The molecular formula is C16H16F3NO. The Kier molecular flexibility index (Phi) is 4.73. The molecule has 21 heavy (non-hydrogen) atoms. The van der Waals surface area contributed by atoms with Gasteiger partial charge in [0.1, 0.15) is 5.75 Å². The van der Waals surface area contributed by atoms with Gasteiger partial charge < -0.3 is 10.1 Å². The molecule has 0 heterocycles. The van der Waals surface area contributed by atoms with Crippen LogP contribution in [0.25, 0.3) is 0 Å². The molecule has 0 bridgehead atoms. The van der Waals surface area contributed by atoms with Gasteiger partial charge in [-0.05, 0) is 24.6 Å². The summed E-state index contributed by atoms with van der Waals surface area (Å²) < 4.78 is 45.3. The Morgan fingerprint density at radius 2 is 1.76 bits per heavy atom. The number of hydrogen-bond acceptors (Lipinski definition) is 2. The monoisotopic (exact) mass is 295 g/mol. The predicted molar refractivity (Wildman–Crippen MR) is 76.0 cm³/mol. The average molecular weight is 295 g/mol. The summed E-state index contributed by atoms with van der Waals surface area (Å²) in [4.78, 5) is 0. The highest BCUT2D eigenvalue weighted by Crippen LogP contribution is 2.31. The zero-order valence-electron chi connectivity index (χ0n) is 11.8. The molecule has 2 aromatic carbocycles. The van der Waals surface area contributed by atoms with Crippen LogP contribution in [0.5, 0.6) is 5.75 Å². The Labute approximate surface area is 121 Å². The molecule has 1 N–H and O–H groups in total. The van der Waals surface area contributed by atoms with Crippen molar-refractivity contribution in [2.24, 2.45) is 0 Å². The second-order valence-corrected chi connectivity index (χ2v) is 4.57. The lowest BCUT2D eigenvalue weighted by Crippen LogP contribution is -2.13. The molecule has 0 spiro atoms. The Morgan fingerprint density at radius 1 is 1.05 bits per heavy atom. The van der Waals surface area contributed by atoms with Gasteiger partial charge in [0.05, 0.1) is 18.8 Å². The summed E-state index contributed by atoms with van der Waals surface area (Å²) in [7, 11) is 1.55. The second kappa shape index (κ2) is 6.52. The van der Waals surface area contributed by atoms with Gasteiger partial charge in [0.25, 0.3) is 0 Å². The van der Waals surface area contributed by atoms with E-state index in [1.54, 1.807) is 13.2 Å². The van der Waals surface area contributed by atoms with Gasteiger partial charge in [0.15, 0.2) is 17.5 Å². The molecule has 5 heteroatoms. The fraction of sp³-hybridized carbons (Fsp3) is 0.250. The lowest BCUT2D eigenvalue weighted by Gasteiger charge is -2.21. The molecule has 0 saturated carbocycles. The van der Waals surface area contributed by atoms with Gasteiger partial charge >= 0.3 is 0 Å². The van der Waals surface area contributed by atoms with Crippen LogP contribution in [-0.2, 0) is 0 Å². The zero-order chi connectivity index (χ0) is 15.4. The molecule has 1 unspecified atom stereocenters. The highest BCUT2D eigenvalue weighted by Gasteiger charge is 2.18. The number of hydrogen-bond donors (Lipinski definition) is 1. The third-order valence-corrected chi connectivity index (χ3v) is 3.29. The lowest BCUT2D eigenvalue weighted by atomic mass is 10.0. The first-order valence-electron chi connectivity index (χ1n) is 6.61. The van der Waals surface area contributed by atoms with Gasteiger partial charge in [-0.15, -0.1) is 0 Å². The van der Waals surface area contributed by atoms with Crippen LogP contribution in [0.3, 0.4) is 0 Å². The molecule has 1 atom stereocenters. The van der Waals surface area contributed by atoms with Crippen LogP contribution in [0.15, 0.2) is 36.4 Å². The lowest BCUT2D eigenvalue weighted by molar-refractivity contribution is 0.406. The molecule has 2 nitrogen and oxygen atoms in total. The summed E-state index contributed by atoms with van der Waals surface area (Å²) >= 11 is 0. The molecule has 2 rings (SSSR count).